The molecule has 0 fully saturated rings. The summed E-state index contributed by atoms with van der Waals surface area (Å²) in [4.78, 5) is 0.329. The van der Waals surface area contributed by atoms with Gasteiger partial charge in [-0.2, -0.15) is 0 Å². The van der Waals surface area contributed by atoms with Crippen molar-refractivity contribution in [2.75, 3.05) is 12.4 Å². The quantitative estimate of drug-likeness (QED) is 0.484. The van der Waals surface area contributed by atoms with Crippen LogP contribution in [0.3, 0.4) is 0 Å². The summed E-state index contributed by atoms with van der Waals surface area (Å²) in [6, 6.07) is 26.3. The van der Waals surface area contributed by atoms with Crippen LogP contribution in [0.5, 0.6) is 5.75 Å². The van der Waals surface area contributed by atoms with Crippen molar-refractivity contribution in [2.45, 2.75) is 11.8 Å². The van der Waals surface area contributed by atoms with Gasteiger partial charge >= 0.3 is 0 Å². The lowest BCUT2D eigenvalue weighted by Gasteiger charge is -2.38. The van der Waals surface area contributed by atoms with Gasteiger partial charge in [0.1, 0.15) is 5.75 Å². The van der Waals surface area contributed by atoms with Gasteiger partial charge in [-0.15, -0.1) is 0 Å². The predicted octanol–water partition coefficient (Wildman–Crippen LogP) is 5.82. The Morgan fingerprint density at radius 3 is 2.21 bits per heavy atom. The number of para-hydroxylation sites is 1. The van der Waals surface area contributed by atoms with Crippen LogP contribution in [0.4, 0.5) is 0 Å². The molecule has 29 heavy (non-hydrogen) atoms. The Hall–Kier alpha value is -2.37. The van der Waals surface area contributed by atoms with Crippen molar-refractivity contribution >= 4 is 35.8 Å². The van der Waals surface area contributed by atoms with Crippen molar-refractivity contribution in [2.24, 2.45) is 5.41 Å². The first-order valence-corrected chi connectivity index (χ1v) is 11.8. The van der Waals surface area contributed by atoms with Gasteiger partial charge < -0.3 is 4.74 Å². The molecule has 0 aliphatic carbocycles. The van der Waals surface area contributed by atoms with Crippen LogP contribution in [0.25, 0.3) is 10.1 Å². The summed E-state index contributed by atoms with van der Waals surface area (Å²) >= 11 is 3.79. The first-order chi connectivity index (χ1) is 13.9. The maximum absolute atomic E-state index is 13.2. The largest absolute Gasteiger partial charge is 0.492 e. The lowest BCUT2D eigenvalue weighted by atomic mass is 9.77. The fraction of sp³-hybridized carbons (Fsp3) is 0.167. The number of fused-ring (bicyclic) bond motifs is 1. The zero-order chi connectivity index (χ0) is 20.5. The van der Waals surface area contributed by atoms with Crippen LogP contribution in [-0.2, 0) is 9.84 Å². The second-order valence-electron chi connectivity index (χ2n) is 7.47. The maximum Gasteiger partial charge on any atom is 0.179 e. The van der Waals surface area contributed by atoms with Gasteiger partial charge in [-0.05, 0) is 45.3 Å². The molecule has 0 saturated heterocycles. The summed E-state index contributed by atoms with van der Waals surface area (Å²) in [5.41, 5.74) is 2.14. The van der Waals surface area contributed by atoms with Crippen molar-refractivity contribution < 1.29 is 13.2 Å². The van der Waals surface area contributed by atoms with Crippen molar-refractivity contribution in [1.82, 2.24) is 0 Å². The second-order valence-corrected chi connectivity index (χ2v) is 10.3. The fourth-order valence-electron chi connectivity index (χ4n) is 3.79. The van der Waals surface area contributed by atoms with Crippen LogP contribution >= 0.6 is 15.9 Å². The smallest absolute Gasteiger partial charge is 0.179 e. The SMILES string of the molecule is CC1(CS(=O)(=O)c2ccccc2)COc2ccccc2/C1=C(/Br)c1ccccc1. The Kier molecular flexibility index (Phi) is 5.36. The molecule has 1 unspecified atom stereocenters. The standard InChI is InChI=1S/C24H21BrO3S/c1-24(17-29(26,27)19-12-6-3-7-13-19)16-28-21-15-9-8-14-20(21)22(24)23(25)18-10-4-2-5-11-18/h2-15H,16-17H2,1H3/b23-22-. The summed E-state index contributed by atoms with van der Waals surface area (Å²) in [5.74, 6) is 0.722. The Balaban J connectivity index is 1.88. The molecule has 0 saturated carbocycles. The van der Waals surface area contributed by atoms with E-state index in [9.17, 15) is 8.42 Å². The van der Waals surface area contributed by atoms with Gasteiger partial charge in [0.05, 0.1) is 17.3 Å². The van der Waals surface area contributed by atoms with E-state index in [1.54, 1.807) is 24.3 Å². The predicted molar refractivity (Wildman–Crippen MR) is 121 cm³/mol. The third-order valence-corrected chi connectivity index (χ3v) is 8.03. The lowest BCUT2D eigenvalue weighted by Crippen LogP contribution is -2.37. The Morgan fingerprint density at radius 2 is 1.52 bits per heavy atom. The zero-order valence-electron chi connectivity index (χ0n) is 16.0. The van der Waals surface area contributed by atoms with Gasteiger partial charge in [0.25, 0.3) is 0 Å². The van der Waals surface area contributed by atoms with E-state index in [0.717, 1.165) is 26.9 Å². The molecule has 0 amide bonds. The highest BCUT2D eigenvalue weighted by Crippen LogP contribution is 2.50. The van der Waals surface area contributed by atoms with Crippen LogP contribution in [-0.4, -0.2) is 20.8 Å². The van der Waals surface area contributed by atoms with Crippen molar-refractivity contribution in [3.63, 3.8) is 0 Å². The van der Waals surface area contributed by atoms with Crippen LogP contribution in [0.2, 0.25) is 0 Å². The molecule has 3 aromatic rings. The Morgan fingerprint density at radius 1 is 0.931 bits per heavy atom. The van der Waals surface area contributed by atoms with E-state index < -0.39 is 15.3 Å². The van der Waals surface area contributed by atoms with Gasteiger partial charge in [-0.1, -0.05) is 73.7 Å². The van der Waals surface area contributed by atoms with Gasteiger partial charge in [0.2, 0.25) is 0 Å². The van der Waals surface area contributed by atoms with Gasteiger partial charge in [0.15, 0.2) is 9.84 Å². The summed E-state index contributed by atoms with van der Waals surface area (Å²) in [6.45, 7) is 2.25. The minimum Gasteiger partial charge on any atom is -0.492 e. The summed E-state index contributed by atoms with van der Waals surface area (Å²) in [5, 5.41) is 0. The maximum atomic E-state index is 13.2. The second kappa shape index (κ2) is 7.81. The highest BCUT2D eigenvalue weighted by molar-refractivity contribution is 9.15. The van der Waals surface area contributed by atoms with Crippen LogP contribution in [0.1, 0.15) is 18.1 Å². The van der Waals surface area contributed by atoms with E-state index in [1.165, 1.54) is 0 Å². The molecule has 0 radical (unpaired) electrons. The molecule has 1 aliphatic rings. The van der Waals surface area contributed by atoms with Crippen molar-refractivity contribution in [1.29, 1.82) is 0 Å². The first kappa shape index (κ1) is 19.9. The fourth-order valence-corrected chi connectivity index (χ4v) is 6.55. The Labute approximate surface area is 180 Å². The number of halogens is 1. The number of rotatable bonds is 4. The molecule has 4 rings (SSSR count). The van der Waals surface area contributed by atoms with E-state index in [4.69, 9.17) is 4.74 Å². The molecule has 1 atom stereocenters. The molecule has 1 aliphatic heterocycles. The molecule has 0 aromatic heterocycles. The molecule has 1 heterocycles. The van der Waals surface area contributed by atoms with E-state index in [-0.39, 0.29) is 12.4 Å². The van der Waals surface area contributed by atoms with Crippen LogP contribution < -0.4 is 4.74 Å². The highest BCUT2D eigenvalue weighted by Gasteiger charge is 2.42. The molecule has 0 N–H and O–H groups in total. The molecular formula is C24H21BrO3S. The minimum atomic E-state index is -3.50. The summed E-state index contributed by atoms with van der Waals surface area (Å²) < 4.78 is 33.4. The average molecular weight is 469 g/mol. The molecule has 5 heteroatoms. The van der Waals surface area contributed by atoms with E-state index >= 15 is 0 Å². The third kappa shape index (κ3) is 3.89. The normalized spacial score (nSPS) is 20.5. The van der Waals surface area contributed by atoms with Gasteiger partial charge in [-0.25, -0.2) is 8.42 Å². The molecular weight excluding hydrogens is 448 g/mol. The summed E-state index contributed by atoms with van der Waals surface area (Å²) in [7, 11) is -3.50. The number of sulfone groups is 1. The number of hydrogen-bond acceptors (Lipinski definition) is 3. The average Bonchev–Trinajstić information content (AvgIpc) is 2.74. The Bertz CT molecular complexity index is 1150. The number of benzene rings is 3. The molecule has 0 spiro atoms. The topological polar surface area (TPSA) is 43.4 Å². The van der Waals surface area contributed by atoms with Gasteiger partial charge in [0, 0.05) is 15.5 Å². The molecule has 148 valence electrons. The van der Waals surface area contributed by atoms with E-state index in [1.807, 2.05) is 67.6 Å². The van der Waals surface area contributed by atoms with Gasteiger partial charge in [-0.3, -0.25) is 0 Å². The third-order valence-electron chi connectivity index (χ3n) is 5.16. The molecule has 3 aromatic carbocycles. The van der Waals surface area contributed by atoms with E-state index in [0.29, 0.717) is 4.90 Å². The molecule has 0 bridgehead atoms. The molecule has 3 nitrogen and oxygen atoms in total. The minimum absolute atomic E-state index is 0.0460. The first-order valence-electron chi connectivity index (χ1n) is 9.36. The monoisotopic (exact) mass is 468 g/mol. The van der Waals surface area contributed by atoms with E-state index in [2.05, 4.69) is 15.9 Å². The van der Waals surface area contributed by atoms with Crippen molar-refractivity contribution in [3.8, 4) is 5.75 Å². The lowest BCUT2D eigenvalue weighted by molar-refractivity contribution is 0.217. The van der Waals surface area contributed by atoms with Crippen molar-refractivity contribution in [3.05, 3.63) is 96.1 Å². The highest BCUT2D eigenvalue weighted by atomic mass is 79.9. The number of hydrogen-bond donors (Lipinski definition) is 0. The van der Waals surface area contributed by atoms with Crippen LogP contribution in [0, 0.1) is 5.41 Å². The van der Waals surface area contributed by atoms with Crippen LogP contribution in [0.15, 0.2) is 89.8 Å². The zero-order valence-corrected chi connectivity index (χ0v) is 18.4. The summed E-state index contributed by atoms with van der Waals surface area (Å²) in [6.07, 6.45) is 0. The number of ether oxygens (including phenoxy) is 1.